The van der Waals surface area contributed by atoms with Gasteiger partial charge in [0.25, 0.3) is 0 Å². The second-order valence-corrected chi connectivity index (χ2v) is 4.96. The fourth-order valence-corrected chi connectivity index (χ4v) is 2.49. The topological polar surface area (TPSA) is 38.7 Å². The van der Waals surface area contributed by atoms with Crippen LogP contribution in [-0.2, 0) is 6.61 Å². The zero-order valence-corrected chi connectivity index (χ0v) is 11.0. The fraction of sp³-hybridized carbons (Fsp3) is 0.600. The Hall–Kier alpha value is -1.22. The van der Waals surface area contributed by atoms with Gasteiger partial charge in [0.2, 0.25) is 0 Å². The van der Waals surface area contributed by atoms with Crippen LogP contribution in [0.4, 0.5) is 0 Å². The van der Waals surface area contributed by atoms with Crippen LogP contribution in [0.5, 0.6) is 11.5 Å². The zero-order valence-electron chi connectivity index (χ0n) is 11.0. The third-order valence-corrected chi connectivity index (χ3v) is 3.61. The number of rotatable bonds is 5. The van der Waals surface area contributed by atoms with Gasteiger partial charge >= 0.3 is 0 Å². The summed E-state index contributed by atoms with van der Waals surface area (Å²) in [6.45, 7) is 0.787. The lowest BCUT2D eigenvalue weighted by atomic mass is 9.90. The van der Waals surface area contributed by atoms with Crippen LogP contribution in [0.1, 0.15) is 37.7 Å². The highest BCUT2D eigenvalue weighted by atomic mass is 16.5. The van der Waals surface area contributed by atoms with Crippen molar-refractivity contribution in [3.05, 3.63) is 23.8 Å². The predicted octanol–water partition coefficient (Wildman–Crippen LogP) is 3.15. The van der Waals surface area contributed by atoms with Crippen molar-refractivity contribution in [2.24, 2.45) is 5.92 Å². The quantitative estimate of drug-likeness (QED) is 0.872. The Morgan fingerprint density at radius 1 is 1.17 bits per heavy atom. The molecule has 1 aromatic rings. The predicted molar refractivity (Wildman–Crippen MR) is 71.0 cm³/mol. The van der Waals surface area contributed by atoms with Crippen molar-refractivity contribution in [3.63, 3.8) is 0 Å². The fourth-order valence-electron chi connectivity index (χ4n) is 2.49. The Bertz CT molecular complexity index is 370. The largest absolute Gasteiger partial charge is 0.493 e. The van der Waals surface area contributed by atoms with Gasteiger partial charge in [-0.2, -0.15) is 0 Å². The molecule has 1 aliphatic rings. The van der Waals surface area contributed by atoms with Gasteiger partial charge in [0.1, 0.15) is 0 Å². The van der Waals surface area contributed by atoms with Crippen molar-refractivity contribution < 1.29 is 14.6 Å². The van der Waals surface area contributed by atoms with Crippen LogP contribution in [0.2, 0.25) is 0 Å². The molecule has 0 aromatic heterocycles. The summed E-state index contributed by atoms with van der Waals surface area (Å²) in [5.74, 6) is 2.15. The van der Waals surface area contributed by atoms with E-state index in [2.05, 4.69) is 0 Å². The summed E-state index contributed by atoms with van der Waals surface area (Å²) in [5.41, 5.74) is 0.856. The van der Waals surface area contributed by atoms with Gasteiger partial charge < -0.3 is 14.6 Å². The highest BCUT2D eigenvalue weighted by Crippen LogP contribution is 2.30. The van der Waals surface area contributed by atoms with Gasteiger partial charge in [-0.15, -0.1) is 0 Å². The van der Waals surface area contributed by atoms with E-state index in [4.69, 9.17) is 14.6 Å². The van der Waals surface area contributed by atoms with Crippen molar-refractivity contribution in [1.29, 1.82) is 0 Å². The van der Waals surface area contributed by atoms with Crippen LogP contribution in [0, 0.1) is 5.92 Å². The number of benzene rings is 1. The van der Waals surface area contributed by atoms with E-state index in [-0.39, 0.29) is 6.61 Å². The lowest BCUT2D eigenvalue weighted by Gasteiger charge is -2.22. The maximum Gasteiger partial charge on any atom is 0.161 e. The van der Waals surface area contributed by atoms with E-state index in [1.54, 1.807) is 7.11 Å². The molecular formula is C15H22O3. The third-order valence-electron chi connectivity index (χ3n) is 3.61. The van der Waals surface area contributed by atoms with E-state index in [0.717, 1.165) is 23.7 Å². The van der Waals surface area contributed by atoms with Crippen molar-refractivity contribution in [2.45, 2.75) is 38.7 Å². The summed E-state index contributed by atoms with van der Waals surface area (Å²) in [4.78, 5) is 0. The second-order valence-electron chi connectivity index (χ2n) is 4.96. The molecule has 3 nitrogen and oxygen atoms in total. The molecule has 0 heterocycles. The van der Waals surface area contributed by atoms with E-state index in [9.17, 15) is 0 Å². The molecule has 2 rings (SSSR count). The van der Waals surface area contributed by atoms with Crippen molar-refractivity contribution in [3.8, 4) is 11.5 Å². The minimum Gasteiger partial charge on any atom is -0.493 e. The number of aliphatic hydroxyl groups is 1. The molecule has 0 unspecified atom stereocenters. The van der Waals surface area contributed by atoms with E-state index >= 15 is 0 Å². The monoisotopic (exact) mass is 250 g/mol. The van der Waals surface area contributed by atoms with Crippen LogP contribution in [0.15, 0.2) is 18.2 Å². The van der Waals surface area contributed by atoms with E-state index < -0.39 is 0 Å². The summed E-state index contributed by atoms with van der Waals surface area (Å²) in [6.07, 6.45) is 6.54. The third kappa shape index (κ3) is 3.39. The molecule has 1 saturated carbocycles. The Morgan fingerprint density at radius 3 is 2.61 bits per heavy atom. The molecule has 3 heteroatoms. The molecule has 100 valence electrons. The van der Waals surface area contributed by atoms with E-state index in [0.29, 0.717) is 5.92 Å². The number of hydrogen-bond donors (Lipinski definition) is 1. The first-order chi connectivity index (χ1) is 8.83. The zero-order chi connectivity index (χ0) is 12.8. The molecule has 1 aromatic carbocycles. The van der Waals surface area contributed by atoms with Gasteiger partial charge in [-0.05, 0) is 36.5 Å². The molecular weight excluding hydrogens is 228 g/mol. The molecule has 1 fully saturated rings. The molecule has 1 N–H and O–H groups in total. The number of methoxy groups -OCH3 is 1. The normalized spacial score (nSPS) is 16.6. The molecule has 18 heavy (non-hydrogen) atoms. The number of hydrogen-bond acceptors (Lipinski definition) is 3. The minimum atomic E-state index is 0.0315. The van der Waals surface area contributed by atoms with Gasteiger partial charge in [0.05, 0.1) is 20.3 Å². The second kappa shape index (κ2) is 6.64. The Kier molecular flexibility index (Phi) is 4.88. The van der Waals surface area contributed by atoms with Crippen LogP contribution in [0.3, 0.4) is 0 Å². The maximum atomic E-state index is 9.15. The van der Waals surface area contributed by atoms with Gasteiger partial charge in [0.15, 0.2) is 11.5 Å². The summed E-state index contributed by atoms with van der Waals surface area (Å²) < 4.78 is 11.2. The van der Waals surface area contributed by atoms with E-state index in [1.165, 1.54) is 32.1 Å². The first-order valence-corrected chi connectivity index (χ1v) is 6.74. The number of ether oxygens (including phenoxy) is 2. The SMILES string of the molecule is COc1ccc(CO)cc1OCC1CCCCC1. The van der Waals surface area contributed by atoms with Gasteiger partial charge in [-0.25, -0.2) is 0 Å². The van der Waals surface area contributed by atoms with Gasteiger partial charge in [-0.1, -0.05) is 25.3 Å². The summed E-state index contributed by atoms with van der Waals surface area (Å²) >= 11 is 0. The average molecular weight is 250 g/mol. The summed E-state index contributed by atoms with van der Waals surface area (Å²) in [7, 11) is 1.64. The molecule has 0 bridgehead atoms. The van der Waals surface area contributed by atoms with E-state index in [1.807, 2.05) is 18.2 Å². The smallest absolute Gasteiger partial charge is 0.161 e. The first kappa shape index (κ1) is 13.2. The summed E-state index contributed by atoms with van der Waals surface area (Å²) in [5, 5.41) is 9.15. The minimum absolute atomic E-state index is 0.0315. The Labute approximate surface area is 109 Å². The number of aliphatic hydroxyl groups excluding tert-OH is 1. The van der Waals surface area contributed by atoms with Crippen LogP contribution >= 0.6 is 0 Å². The van der Waals surface area contributed by atoms with Crippen molar-refractivity contribution in [1.82, 2.24) is 0 Å². The summed E-state index contributed by atoms with van der Waals surface area (Å²) in [6, 6.07) is 5.57. The van der Waals surface area contributed by atoms with Crippen LogP contribution < -0.4 is 9.47 Å². The van der Waals surface area contributed by atoms with Crippen molar-refractivity contribution >= 4 is 0 Å². The molecule has 0 amide bonds. The van der Waals surface area contributed by atoms with Crippen LogP contribution in [-0.4, -0.2) is 18.8 Å². The van der Waals surface area contributed by atoms with Gasteiger partial charge in [0, 0.05) is 0 Å². The lowest BCUT2D eigenvalue weighted by Crippen LogP contribution is -2.15. The Balaban J connectivity index is 1.97. The maximum absolute atomic E-state index is 9.15. The molecule has 0 atom stereocenters. The lowest BCUT2D eigenvalue weighted by molar-refractivity contribution is 0.201. The van der Waals surface area contributed by atoms with Crippen LogP contribution in [0.25, 0.3) is 0 Å². The molecule has 0 spiro atoms. The molecule has 0 radical (unpaired) electrons. The van der Waals surface area contributed by atoms with Crippen molar-refractivity contribution in [2.75, 3.05) is 13.7 Å². The molecule has 0 aliphatic heterocycles. The first-order valence-electron chi connectivity index (χ1n) is 6.74. The highest BCUT2D eigenvalue weighted by molar-refractivity contribution is 5.42. The molecule has 1 aliphatic carbocycles. The highest BCUT2D eigenvalue weighted by Gasteiger charge is 2.15. The molecule has 0 saturated heterocycles. The average Bonchev–Trinajstić information content (AvgIpc) is 2.45. The standard InChI is InChI=1S/C15H22O3/c1-17-14-8-7-13(10-16)9-15(14)18-11-12-5-3-2-4-6-12/h7-9,12,16H,2-6,10-11H2,1H3. The Morgan fingerprint density at radius 2 is 1.94 bits per heavy atom. The van der Waals surface area contributed by atoms with Gasteiger partial charge in [-0.3, -0.25) is 0 Å².